The van der Waals surface area contributed by atoms with Crippen LogP contribution in [0.3, 0.4) is 0 Å². The van der Waals surface area contributed by atoms with E-state index in [1.54, 1.807) is 6.07 Å². The largest absolute Gasteiger partial charge is 0.383 e. The van der Waals surface area contributed by atoms with Crippen molar-refractivity contribution >= 4 is 21.3 Å². The second-order valence-corrected chi connectivity index (χ2v) is 7.65. The number of nitrogen functional groups attached to an aromatic ring is 1. The molecule has 0 radical (unpaired) electrons. The van der Waals surface area contributed by atoms with E-state index < -0.39 is 9.84 Å². The zero-order valence-corrected chi connectivity index (χ0v) is 12.2. The Morgan fingerprint density at radius 2 is 2.25 bits per heavy atom. The Hall–Kier alpha value is -1.81. The summed E-state index contributed by atoms with van der Waals surface area (Å²) in [7, 11) is -3.01. The second kappa shape index (κ2) is 5.29. The molecule has 1 heterocycles. The van der Waals surface area contributed by atoms with Crippen molar-refractivity contribution in [1.82, 2.24) is 4.98 Å². The number of rotatable bonds is 5. The molecule has 0 amide bonds. The van der Waals surface area contributed by atoms with E-state index in [0.29, 0.717) is 17.8 Å². The molecule has 6 nitrogen and oxygen atoms in total. The van der Waals surface area contributed by atoms with Crippen molar-refractivity contribution in [3.05, 3.63) is 17.8 Å². The van der Waals surface area contributed by atoms with Gasteiger partial charge in [-0.1, -0.05) is 6.42 Å². The molecule has 1 aliphatic rings. The fraction of sp³-hybridized carbons (Fsp3) is 0.538. The molecular weight excluding hydrogens is 276 g/mol. The number of aromatic nitrogens is 1. The first kappa shape index (κ1) is 14.6. The first-order valence-corrected chi connectivity index (χ1v) is 8.47. The van der Waals surface area contributed by atoms with Crippen LogP contribution in [-0.2, 0) is 9.84 Å². The van der Waals surface area contributed by atoms with E-state index in [-0.39, 0.29) is 17.0 Å². The molecule has 0 atom stereocenters. The molecule has 3 N–H and O–H groups in total. The number of hydrogen-bond donors (Lipinski definition) is 2. The monoisotopic (exact) mass is 294 g/mol. The summed E-state index contributed by atoms with van der Waals surface area (Å²) in [6.07, 6.45) is 5.60. The summed E-state index contributed by atoms with van der Waals surface area (Å²) in [6.45, 7) is 0.526. The van der Waals surface area contributed by atoms with Crippen LogP contribution in [0.4, 0.5) is 11.5 Å². The molecule has 20 heavy (non-hydrogen) atoms. The minimum atomic E-state index is -3.01. The third kappa shape index (κ3) is 3.20. The third-order valence-corrected chi connectivity index (χ3v) is 4.87. The summed E-state index contributed by atoms with van der Waals surface area (Å²) in [4.78, 5) is 3.87. The summed E-state index contributed by atoms with van der Waals surface area (Å²) in [6, 6.07) is 3.70. The Balaban J connectivity index is 2.12. The molecule has 1 saturated carbocycles. The smallest absolute Gasteiger partial charge is 0.148 e. The molecule has 0 saturated heterocycles. The van der Waals surface area contributed by atoms with E-state index in [1.165, 1.54) is 12.5 Å². The van der Waals surface area contributed by atoms with Gasteiger partial charge in [0, 0.05) is 24.4 Å². The van der Waals surface area contributed by atoms with Gasteiger partial charge in [-0.05, 0) is 18.9 Å². The zero-order valence-electron chi connectivity index (χ0n) is 11.4. The SMILES string of the molecule is CS(=O)(=O)CC1(CNc2ccnc(N)c2C#N)CCC1. The van der Waals surface area contributed by atoms with Crippen molar-refractivity contribution < 1.29 is 8.42 Å². The molecule has 1 aliphatic carbocycles. The van der Waals surface area contributed by atoms with Crippen molar-refractivity contribution in [3.63, 3.8) is 0 Å². The molecule has 0 unspecified atom stereocenters. The fourth-order valence-corrected chi connectivity index (χ4v) is 4.13. The summed E-state index contributed by atoms with van der Waals surface area (Å²) in [5.41, 5.74) is 6.34. The van der Waals surface area contributed by atoms with Crippen molar-refractivity contribution in [2.24, 2.45) is 5.41 Å². The van der Waals surface area contributed by atoms with E-state index in [2.05, 4.69) is 10.3 Å². The van der Waals surface area contributed by atoms with Crippen molar-refractivity contribution in [2.45, 2.75) is 19.3 Å². The highest BCUT2D eigenvalue weighted by atomic mass is 32.2. The molecule has 0 spiro atoms. The van der Waals surface area contributed by atoms with Crippen LogP contribution in [-0.4, -0.2) is 32.0 Å². The van der Waals surface area contributed by atoms with Gasteiger partial charge in [-0.15, -0.1) is 0 Å². The van der Waals surface area contributed by atoms with Gasteiger partial charge in [-0.2, -0.15) is 5.26 Å². The molecule has 2 rings (SSSR count). The highest BCUT2D eigenvalue weighted by Gasteiger charge is 2.39. The van der Waals surface area contributed by atoms with E-state index in [0.717, 1.165) is 19.3 Å². The van der Waals surface area contributed by atoms with Crippen LogP contribution in [0.2, 0.25) is 0 Å². The predicted molar refractivity (Wildman–Crippen MR) is 77.8 cm³/mol. The average molecular weight is 294 g/mol. The molecule has 0 aromatic carbocycles. The maximum atomic E-state index is 11.5. The van der Waals surface area contributed by atoms with Crippen LogP contribution < -0.4 is 11.1 Å². The van der Waals surface area contributed by atoms with E-state index in [9.17, 15) is 8.42 Å². The fourth-order valence-electron chi connectivity index (χ4n) is 2.63. The number of nitrogens with two attached hydrogens (primary N) is 1. The number of sulfone groups is 1. The normalized spacial score (nSPS) is 17.0. The summed E-state index contributed by atoms with van der Waals surface area (Å²) in [5, 5.41) is 12.2. The predicted octanol–water partition coefficient (Wildman–Crippen LogP) is 1.16. The third-order valence-electron chi connectivity index (χ3n) is 3.73. The minimum absolute atomic E-state index is 0.176. The first-order valence-electron chi connectivity index (χ1n) is 6.41. The van der Waals surface area contributed by atoms with Crippen LogP contribution in [0.5, 0.6) is 0 Å². The zero-order chi connectivity index (χ0) is 14.8. The van der Waals surface area contributed by atoms with Gasteiger partial charge in [0.2, 0.25) is 0 Å². The average Bonchev–Trinajstić information content (AvgIpc) is 2.31. The van der Waals surface area contributed by atoms with Gasteiger partial charge in [0.25, 0.3) is 0 Å². The van der Waals surface area contributed by atoms with Crippen molar-refractivity contribution in [1.29, 1.82) is 5.26 Å². The maximum Gasteiger partial charge on any atom is 0.148 e. The topological polar surface area (TPSA) is 109 Å². The maximum absolute atomic E-state index is 11.5. The standard InChI is InChI=1S/C13H18N4O2S/c1-20(18,19)9-13(4-2-5-13)8-17-11-3-6-16-12(15)10(11)7-14/h3,6H,2,4-5,8-9H2,1H3,(H3,15,16,17). The molecule has 1 aromatic heterocycles. The Morgan fingerprint density at radius 3 is 2.75 bits per heavy atom. The summed E-state index contributed by atoms with van der Waals surface area (Å²) >= 11 is 0. The number of hydrogen-bond acceptors (Lipinski definition) is 6. The van der Waals surface area contributed by atoms with Gasteiger partial charge in [0.15, 0.2) is 0 Å². The molecule has 0 bridgehead atoms. The number of anilines is 2. The van der Waals surface area contributed by atoms with Crippen LogP contribution in [0.15, 0.2) is 12.3 Å². The van der Waals surface area contributed by atoms with Crippen LogP contribution in [0.1, 0.15) is 24.8 Å². The van der Waals surface area contributed by atoms with E-state index in [1.807, 2.05) is 6.07 Å². The lowest BCUT2D eigenvalue weighted by atomic mass is 9.70. The summed E-state index contributed by atoms with van der Waals surface area (Å²) in [5.74, 6) is 0.360. The van der Waals surface area contributed by atoms with E-state index in [4.69, 9.17) is 11.0 Å². The van der Waals surface area contributed by atoms with Gasteiger partial charge >= 0.3 is 0 Å². The lowest BCUT2D eigenvalue weighted by molar-refractivity contribution is 0.183. The number of pyridine rings is 1. The highest BCUT2D eigenvalue weighted by molar-refractivity contribution is 7.90. The van der Waals surface area contributed by atoms with Crippen LogP contribution in [0.25, 0.3) is 0 Å². The first-order chi connectivity index (χ1) is 9.35. The Kier molecular flexibility index (Phi) is 3.86. The van der Waals surface area contributed by atoms with Crippen LogP contribution in [0, 0.1) is 16.7 Å². The molecule has 0 aliphatic heterocycles. The van der Waals surface area contributed by atoms with Gasteiger partial charge in [-0.3, -0.25) is 0 Å². The number of nitrogens with zero attached hydrogens (tertiary/aromatic N) is 2. The molecule has 1 fully saturated rings. The highest BCUT2D eigenvalue weighted by Crippen LogP contribution is 2.42. The lowest BCUT2D eigenvalue weighted by Crippen LogP contribution is -2.42. The Labute approximate surface area is 118 Å². The van der Waals surface area contributed by atoms with Crippen molar-refractivity contribution in [3.8, 4) is 6.07 Å². The minimum Gasteiger partial charge on any atom is -0.383 e. The molecule has 1 aromatic rings. The quantitative estimate of drug-likeness (QED) is 0.843. The number of nitrogens with one attached hydrogen (secondary N) is 1. The van der Waals surface area contributed by atoms with Gasteiger partial charge in [0.05, 0.1) is 11.4 Å². The lowest BCUT2D eigenvalue weighted by Gasteiger charge is -2.41. The van der Waals surface area contributed by atoms with Gasteiger partial charge < -0.3 is 11.1 Å². The summed E-state index contributed by atoms with van der Waals surface area (Å²) < 4.78 is 23.0. The molecule has 108 valence electrons. The second-order valence-electron chi connectivity index (χ2n) is 5.51. The van der Waals surface area contributed by atoms with E-state index >= 15 is 0 Å². The molecular formula is C13H18N4O2S. The Morgan fingerprint density at radius 1 is 1.55 bits per heavy atom. The van der Waals surface area contributed by atoms with Crippen LogP contribution >= 0.6 is 0 Å². The molecule has 7 heteroatoms. The van der Waals surface area contributed by atoms with Crippen molar-refractivity contribution in [2.75, 3.05) is 29.6 Å². The van der Waals surface area contributed by atoms with Gasteiger partial charge in [0.1, 0.15) is 27.3 Å². The number of nitriles is 1. The Bertz CT molecular complexity index is 645. The van der Waals surface area contributed by atoms with Gasteiger partial charge in [-0.25, -0.2) is 13.4 Å².